The molecule has 5 rings (SSSR count). The van der Waals surface area contributed by atoms with Crippen molar-refractivity contribution in [1.29, 1.82) is 0 Å². The van der Waals surface area contributed by atoms with Gasteiger partial charge in [-0.1, -0.05) is 17.7 Å². The van der Waals surface area contributed by atoms with Gasteiger partial charge in [-0.2, -0.15) is 0 Å². The molecule has 3 aromatic carbocycles. The molecule has 2 bridgehead atoms. The van der Waals surface area contributed by atoms with Crippen molar-refractivity contribution in [1.82, 2.24) is 10.2 Å². The number of phenols is 1. The molecule has 2 aliphatic heterocycles. The zero-order valence-corrected chi connectivity index (χ0v) is 26.3. The number of amides is 1. The number of sulfone groups is 1. The molecule has 2 aliphatic rings. The third-order valence-corrected chi connectivity index (χ3v) is 10.4. The van der Waals surface area contributed by atoms with Crippen LogP contribution in [0.3, 0.4) is 0 Å². The van der Waals surface area contributed by atoms with Gasteiger partial charge in [0.1, 0.15) is 5.75 Å². The number of hydrogen-bond acceptors (Lipinski definition) is 9. The number of methoxy groups -OCH3 is 4. The predicted octanol–water partition coefficient (Wildman–Crippen LogP) is 4.25. The summed E-state index contributed by atoms with van der Waals surface area (Å²) in [6, 6.07) is 7.03. The van der Waals surface area contributed by atoms with Crippen LogP contribution >= 0.6 is 0 Å². The number of phenolic OH excluding ortho intramolecular Hbond substituents is 1. The third-order valence-electron chi connectivity index (χ3n) is 8.39. The number of aryl methyl sites for hydroxylation is 1. The fraction of sp³-hybridized carbons (Fsp3) is 0.344. The fourth-order valence-corrected chi connectivity index (χ4v) is 7.92. The van der Waals surface area contributed by atoms with E-state index in [9.17, 15) is 18.3 Å². The Balaban J connectivity index is 1.83. The first-order valence-corrected chi connectivity index (χ1v) is 15.2. The van der Waals surface area contributed by atoms with Gasteiger partial charge in [0.15, 0.2) is 23.0 Å². The summed E-state index contributed by atoms with van der Waals surface area (Å²) in [6.07, 6.45) is 1.90. The molecule has 3 aromatic rings. The smallest absolute Gasteiger partial charge is 0.241 e. The summed E-state index contributed by atoms with van der Waals surface area (Å²) >= 11 is 0. The van der Waals surface area contributed by atoms with Crippen molar-refractivity contribution in [3.8, 4) is 28.7 Å². The Kier molecular flexibility index (Phi) is 7.82. The summed E-state index contributed by atoms with van der Waals surface area (Å²) in [5.74, 6) is 1.19. The Bertz CT molecular complexity index is 1760. The Morgan fingerprint density at radius 1 is 0.930 bits per heavy atom. The van der Waals surface area contributed by atoms with Crippen molar-refractivity contribution in [3.05, 3.63) is 69.4 Å². The van der Waals surface area contributed by atoms with Gasteiger partial charge in [-0.25, -0.2) is 8.42 Å². The number of carbonyl (C=O) groups excluding carboxylic acids is 1. The molecule has 43 heavy (non-hydrogen) atoms. The monoisotopic (exact) mass is 608 g/mol. The van der Waals surface area contributed by atoms with Crippen LogP contribution in [0.4, 0.5) is 0 Å². The molecule has 0 unspecified atom stereocenters. The maximum atomic E-state index is 14.2. The van der Waals surface area contributed by atoms with E-state index in [2.05, 4.69) is 5.32 Å². The van der Waals surface area contributed by atoms with E-state index >= 15 is 0 Å². The number of piperazine rings is 1. The molecular weight excluding hydrogens is 572 g/mol. The number of ether oxygens (including phenoxy) is 4. The van der Waals surface area contributed by atoms with Gasteiger partial charge in [-0.3, -0.25) is 9.69 Å². The van der Waals surface area contributed by atoms with Crippen LogP contribution in [0.15, 0.2) is 45.8 Å². The average Bonchev–Trinajstić information content (AvgIpc) is 2.97. The van der Waals surface area contributed by atoms with E-state index in [4.69, 9.17) is 18.9 Å². The van der Waals surface area contributed by atoms with Crippen LogP contribution in [0.5, 0.6) is 28.7 Å². The van der Waals surface area contributed by atoms with Crippen molar-refractivity contribution in [2.24, 2.45) is 0 Å². The van der Waals surface area contributed by atoms with Gasteiger partial charge in [-0.15, -0.1) is 0 Å². The number of likely N-dealkylation sites (N-methyl/N-ethyl adjacent to an activating group) is 1. The second-order valence-electron chi connectivity index (χ2n) is 10.8. The Hall–Kier alpha value is -4.22. The lowest BCUT2D eigenvalue weighted by Gasteiger charge is -2.46. The van der Waals surface area contributed by atoms with E-state index < -0.39 is 21.9 Å². The highest BCUT2D eigenvalue weighted by molar-refractivity contribution is 7.91. The highest BCUT2D eigenvalue weighted by atomic mass is 32.2. The molecule has 2 N–H and O–H groups in total. The zero-order valence-electron chi connectivity index (χ0n) is 25.5. The molecule has 2 atom stereocenters. The molecule has 1 fully saturated rings. The highest BCUT2D eigenvalue weighted by Crippen LogP contribution is 2.53. The van der Waals surface area contributed by atoms with E-state index in [-0.39, 0.29) is 33.6 Å². The lowest BCUT2D eigenvalue weighted by Crippen LogP contribution is -2.57. The topological polar surface area (TPSA) is 124 Å². The first-order valence-electron chi connectivity index (χ1n) is 13.7. The SMILES string of the molecule is COc1cc(/C=C2\NC(=O)[C@H]3Cc4c(O)c(C)c(OC)c(OC)c4[C@@H]2N3C)c(S(=O)(=O)c2ccc(C)cc2)c(C)c1OC. The maximum Gasteiger partial charge on any atom is 0.241 e. The van der Waals surface area contributed by atoms with Crippen LogP contribution in [-0.2, 0) is 21.1 Å². The quantitative estimate of drug-likeness (QED) is 0.405. The van der Waals surface area contributed by atoms with Gasteiger partial charge in [-0.05, 0) is 57.7 Å². The predicted molar refractivity (Wildman–Crippen MR) is 161 cm³/mol. The summed E-state index contributed by atoms with van der Waals surface area (Å²) in [6.45, 7) is 5.28. The summed E-state index contributed by atoms with van der Waals surface area (Å²) in [7, 11) is 3.71. The van der Waals surface area contributed by atoms with Crippen LogP contribution in [0.25, 0.3) is 6.08 Å². The molecule has 10 nitrogen and oxygen atoms in total. The van der Waals surface area contributed by atoms with E-state index in [1.807, 2.05) is 18.9 Å². The highest BCUT2D eigenvalue weighted by Gasteiger charge is 2.46. The van der Waals surface area contributed by atoms with Crippen LogP contribution in [0.2, 0.25) is 0 Å². The minimum atomic E-state index is -4.06. The Morgan fingerprint density at radius 3 is 2.14 bits per heavy atom. The molecular formula is C32H36N2O8S. The minimum Gasteiger partial charge on any atom is -0.507 e. The first-order chi connectivity index (χ1) is 20.4. The molecule has 0 radical (unpaired) electrons. The second kappa shape index (κ2) is 11.1. The van der Waals surface area contributed by atoms with Gasteiger partial charge < -0.3 is 29.4 Å². The molecule has 1 saturated heterocycles. The summed E-state index contributed by atoms with van der Waals surface area (Å²) in [5, 5.41) is 14.2. The van der Waals surface area contributed by atoms with Gasteiger partial charge in [0.05, 0.1) is 50.3 Å². The van der Waals surface area contributed by atoms with Gasteiger partial charge in [0, 0.05) is 34.4 Å². The standard InChI is InChI=1S/C32H36N2O8S/c1-16-9-11-20(12-10-16)43(37,38)31-18(3)28(40-6)24(39-5)14-19(31)13-22-26-25-21(15-23(34(26)4)32(36)33-22)27(35)17(2)29(41-7)30(25)42-8/h9-14,23,26,35H,15H2,1-8H3,(H,33,36)/b22-13-/t23-,26-/m1/s1. The Morgan fingerprint density at radius 2 is 1.56 bits per heavy atom. The molecule has 228 valence electrons. The van der Waals surface area contributed by atoms with Crippen molar-refractivity contribution < 1.29 is 37.3 Å². The number of nitrogens with one attached hydrogen (secondary N) is 1. The number of benzene rings is 3. The summed E-state index contributed by atoms with van der Waals surface area (Å²) in [5.41, 5.74) is 3.71. The molecule has 0 spiro atoms. The molecule has 0 aliphatic carbocycles. The van der Waals surface area contributed by atoms with Gasteiger partial charge >= 0.3 is 0 Å². The molecule has 11 heteroatoms. The maximum absolute atomic E-state index is 14.2. The molecule has 0 saturated carbocycles. The zero-order chi connectivity index (χ0) is 31.4. The second-order valence-corrected chi connectivity index (χ2v) is 12.7. The largest absolute Gasteiger partial charge is 0.507 e. The van der Waals surface area contributed by atoms with E-state index in [1.54, 1.807) is 50.3 Å². The Labute approximate surface area is 251 Å². The average molecular weight is 609 g/mol. The number of aromatic hydroxyl groups is 1. The lowest BCUT2D eigenvalue weighted by atomic mass is 9.81. The first kappa shape index (κ1) is 30.2. The van der Waals surface area contributed by atoms with Crippen molar-refractivity contribution in [3.63, 3.8) is 0 Å². The molecule has 2 heterocycles. The normalized spacial score (nSPS) is 19.1. The van der Waals surface area contributed by atoms with Crippen molar-refractivity contribution in [2.75, 3.05) is 35.5 Å². The van der Waals surface area contributed by atoms with Crippen LogP contribution < -0.4 is 24.3 Å². The molecule has 0 aromatic heterocycles. The lowest BCUT2D eigenvalue weighted by molar-refractivity contribution is -0.128. The van der Waals surface area contributed by atoms with Crippen molar-refractivity contribution in [2.45, 2.75) is 49.1 Å². The number of nitrogens with zero attached hydrogens (tertiary/aromatic N) is 1. The number of rotatable bonds is 7. The van der Waals surface area contributed by atoms with E-state index in [1.165, 1.54) is 28.4 Å². The summed E-state index contributed by atoms with van der Waals surface area (Å²) in [4.78, 5) is 15.5. The van der Waals surface area contributed by atoms with E-state index in [0.29, 0.717) is 50.8 Å². The van der Waals surface area contributed by atoms with Crippen LogP contribution in [0, 0.1) is 20.8 Å². The fourth-order valence-electron chi connectivity index (χ4n) is 6.27. The summed E-state index contributed by atoms with van der Waals surface area (Å²) < 4.78 is 51.1. The van der Waals surface area contributed by atoms with Crippen LogP contribution in [0.1, 0.15) is 39.4 Å². The number of hydrogen-bond donors (Lipinski definition) is 2. The van der Waals surface area contributed by atoms with Crippen molar-refractivity contribution >= 4 is 21.8 Å². The van der Waals surface area contributed by atoms with Gasteiger partial charge in [0.25, 0.3) is 0 Å². The number of fused-ring (bicyclic) bond motifs is 4. The minimum absolute atomic E-state index is 0.0212. The third kappa shape index (κ3) is 4.67. The van der Waals surface area contributed by atoms with Gasteiger partial charge in [0.2, 0.25) is 15.7 Å². The molecule has 1 amide bonds. The number of carbonyl (C=O) groups is 1. The van der Waals surface area contributed by atoms with E-state index in [0.717, 1.165) is 5.56 Å². The van der Waals surface area contributed by atoms with Crippen LogP contribution in [-0.4, -0.2) is 65.9 Å².